The van der Waals surface area contributed by atoms with Crippen LogP contribution in [0.15, 0.2) is 82.4 Å². The molecule has 0 fully saturated rings. The molecule has 3 heterocycles. The van der Waals surface area contributed by atoms with Crippen LogP contribution < -0.4 is 9.62 Å². The predicted octanol–water partition coefficient (Wildman–Crippen LogP) is 3.14. The summed E-state index contributed by atoms with van der Waals surface area (Å²) in [5.41, 5.74) is 2.62. The van der Waals surface area contributed by atoms with Gasteiger partial charge in [0.25, 0.3) is 15.9 Å². The fourth-order valence-corrected chi connectivity index (χ4v) is 5.02. The first kappa shape index (κ1) is 19.9. The number of benzene rings is 2. The standard InChI is InChI=1S/C22H17N5O4S/c28-20(24-22-26-25-21(31-22)17-9-12-23-13-10-17)16-5-7-18(8-6-16)32(29,30)27-14-11-15-3-1-2-4-19(15)27/h1-10,12-13H,11,14H2,(H,24,26,28). The Morgan fingerprint density at radius 3 is 2.50 bits per heavy atom. The van der Waals surface area contributed by atoms with Gasteiger partial charge in [0.1, 0.15) is 0 Å². The van der Waals surface area contributed by atoms with Crippen LogP contribution in [-0.2, 0) is 16.4 Å². The summed E-state index contributed by atoms with van der Waals surface area (Å²) < 4.78 is 33.0. The molecule has 0 saturated heterocycles. The maximum Gasteiger partial charge on any atom is 0.322 e. The van der Waals surface area contributed by atoms with Gasteiger partial charge in [0.05, 0.1) is 10.6 Å². The molecule has 10 heteroatoms. The van der Waals surface area contributed by atoms with Crippen molar-refractivity contribution in [2.24, 2.45) is 0 Å². The molecule has 0 spiro atoms. The second kappa shape index (κ2) is 7.89. The van der Waals surface area contributed by atoms with Gasteiger partial charge < -0.3 is 4.42 Å². The second-order valence-electron chi connectivity index (χ2n) is 7.08. The van der Waals surface area contributed by atoms with Gasteiger partial charge in [-0.2, -0.15) is 0 Å². The minimum absolute atomic E-state index is 0.0628. The first-order valence-electron chi connectivity index (χ1n) is 9.78. The zero-order valence-electron chi connectivity index (χ0n) is 16.7. The highest BCUT2D eigenvalue weighted by Gasteiger charge is 2.30. The summed E-state index contributed by atoms with van der Waals surface area (Å²) in [6, 6.07) is 16.5. The van der Waals surface area contributed by atoms with Gasteiger partial charge in [-0.1, -0.05) is 23.3 Å². The highest BCUT2D eigenvalue weighted by Crippen LogP contribution is 2.32. The first-order chi connectivity index (χ1) is 15.5. The van der Waals surface area contributed by atoms with E-state index in [1.807, 2.05) is 18.2 Å². The number of para-hydroxylation sites is 1. The van der Waals surface area contributed by atoms with E-state index in [0.29, 0.717) is 24.2 Å². The summed E-state index contributed by atoms with van der Waals surface area (Å²) in [5.74, 6) is -0.250. The molecule has 1 amide bonds. The highest BCUT2D eigenvalue weighted by atomic mass is 32.2. The molecular weight excluding hydrogens is 430 g/mol. The van der Waals surface area contributed by atoms with E-state index in [1.165, 1.54) is 28.6 Å². The number of carbonyl (C=O) groups is 1. The van der Waals surface area contributed by atoms with Gasteiger partial charge in [-0.3, -0.25) is 19.4 Å². The SMILES string of the molecule is O=C(Nc1nnc(-c2ccncc2)o1)c1ccc(S(=O)(=O)N2CCc3ccccc32)cc1. The molecule has 5 rings (SSSR count). The monoisotopic (exact) mass is 447 g/mol. The minimum Gasteiger partial charge on any atom is -0.403 e. The van der Waals surface area contributed by atoms with Crippen LogP contribution in [0.1, 0.15) is 15.9 Å². The van der Waals surface area contributed by atoms with E-state index in [0.717, 1.165) is 5.56 Å². The van der Waals surface area contributed by atoms with Gasteiger partial charge >= 0.3 is 6.01 Å². The van der Waals surface area contributed by atoms with E-state index in [2.05, 4.69) is 20.5 Å². The van der Waals surface area contributed by atoms with Crippen molar-refractivity contribution in [2.45, 2.75) is 11.3 Å². The number of nitrogens with one attached hydrogen (secondary N) is 1. The fourth-order valence-electron chi connectivity index (χ4n) is 3.52. The van der Waals surface area contributed by atoms with Crippen LogP contribution in [0.2, 0.25) is 0 Å². The molecule has 2 aromatic carbocycles. The Balaban J connectivity index is 1.32. The van der Waals surface area contributed by atoms with Crippen LogP contribution >= 0.6 is 0 Å². The van der Waals surface area contributed by atoms with Crippen molar-refractivity contribution in [3.8, 4) is 11.5 Å². The summed E-state index contributed by atoms with van der Waals surface area (Å²) in [7, 11) is -3.73. The van der Waals surface area contributed by atoms with Crippen molar-refractivity contribution in [1.29, 1.82) is 0 Å². The van der Waals surface area contributed by atoms with Crippen LogP contribution in [-0.4, -0.2) is 36.1 Å². The van der Waals surface area contributed by atoms with Crippen LogP contribution in [0.4, 0.5) is 11.7 Å². The van der Waals surface area contributed by atoms with Gasteiger partial charge in [0.2, 0.25) is 5.89 Å². The number of amides is 1. The number of anilines is 2. The quantitative estimate of drug-likeness (QED) is 0.499. The van der Waals surface area contributed by atoms with Crippen LogP contribution in [0.25, 0.3) is 11.5 Å². The zero-order chi connectivity index (χ0) is 22.1. The van der Waals surface area contributed by atoms with Gasteiger partial charge in [-0.25, -0.2) is 8.42 Å². The molecule has 0 aliphatic carbocycles. The normalized spacial score (nSPS) is 13.1. The lowest BCUT2D eigenvalue weighted by molar-refractivity contribution is 0.102. The van der Waals surface area contributed by atoms with Crippen molar-refractivity contribution in [1.82, 2.24) is 15.2 Å². The van der Waals surface area contributed by atoms with Gasteiger partial charge in [0.15, 0.2) is 0 Å². The maximum absolute atomic E-state index is 13.1. The molecule has 160 valence electrons. The zero-order valence-corrected chi connectivity index (χ0v) is 17.5. The van der Waals surface area contributed by atoms with Crippen molar-refractivity contribution in [3.05, 3.63) is 84.2 Å². The van der Waals surface area contributed by atoms with Crippen LogP contribution in [0, 0.1) is 0 Å². The number of sulfonamides is 1. The Morgan fingerprint density at radius 1 is 0.969 bits per heavy atom. The third kappa shape index (κ3) is 3.60. The average Bonchev–Trinajstić information content (AvgIpc) is 3.47. The number of fused-ring (bicyclic) bond motifs is 1. The Hall–Kier alpha value is -4.05. The molecule has 4 aromatic rings. The summed E-state index contributed by atoms with van der Waals surface area (Å²) in [6.07, 6.45) is 3.85. The third-order valence-electron chi connectivity index (χ3n) is 5.12. The number of hydrogen-bond donors (Lipinski definition) is 1. The summed E-state index contributed by atoms with van der Waals surface area (Å²) in [4.78, 5) is 16.6. The smallest absolute Gasteiger partial charge is 0.322 e. The number of rotatable bonds is 5. The topological polar surface area (TPSA) is 118 Å². The maximum atomic E-state index is 13.1. The van der Waals surface area contributed by atoms with Crippen molar-refractivity contribution in [3.63, 3.8) is 0 Å². The molecule has 0 radical (unpaired) electrons. The van der Waals surface area contributed by atoms with Crippen LogP contribution in [0.5, 0.6) is 0 Å². The van der Waals surface area contributed by atoms with Crippen molar-refractivity contribution >= 4 is 27.6 Å². The molecule has 0 saturated carbocycles. The van der Waals surface area contributed by atoms with Gasteiger partial charge in [-0.15, -0.1) is 5.10 Å². The van der Waals surface area contributed by atoms with Crippen LogP contribution in [0.3, 0.4) is 0 Å². The fraction of sp³-hybridized carbons (Fsp3) is 0.0909. The number of hydrogen-bond acceptors (Lipinski definition) is 7. The Kier molecular flexibility index (Phi) is 4.91. The first-order valence-corrected chi connectivity index (χ1v) is 11.2. The molecule has 0 atom stereocenters. The number of nitrogens with zero attached hydrogens (tertiary/aromatic N) is 4. The molecule has 9 nitrogen and oxygen atoms in total. The molecule has 0 unspecified atom stereocenters. The molecule has 32 heavy (non-hydrogen) atoms. The van der Waals surface area contributed by atoms with Gasteiger partial charge in [0, 0.05) is 30.1 Å². The lowest BCUT2D eigenvalue weighted by Crippen LogP contribution is -2.29. The number of aromatic nitrogens is 3. The van der Waals surface area contributed by atoms with E-state index in [1.54, 1.807) is 30.6 Å². The third-order valence-corrected chi connectivity index (χ3v) is 6.95. The minimum atomic E-state index is -3.73. The van der Waals surface area contributed by atoms with Crippen molar-refractivity contribution < 1.29 is 17.6 Å². The van der Waals surface area contributed by atoms with E-state index >= 15 is 0 Å². The van der Waals surface area contributed by atoms with Gasteiger partial charge in [-0.05, 0) is 54.4 Å². The Bertz CT molecular complexity index is 1390. The van der Waals surface area contributed by atoms with Crippen molar-refractivity contribution in [2.75, 3.05) is 16.2 Å². The van der Waals surface area contributed by atoms with E-state index in [-0.39, 0.29) is 22.4 Å². The predicted molar refractivity (Wildman–Crippen MR) is 117 cm³/mol. The Labute approximate surface area is 183 Å². The lowest BCUT2D eigenvalue weighted by atomic mass is 10.2. The highest BCUT2D eigenvalue weighted by molar-refractivity contribution is 7.92. The molecule has 1 N–H and O–H groups in total. The molecular formula is C22H17N5O4S. The average molecular weight is 447 g/mol. The Morgan fingerprint density at radius 2 is 1.72 bits per heavy atom. The molecule has 2 aromatic heterocycles. The second-order valence-corrected chi connectivity index (χ2v) is 8.94. The summed E-state index contributed by atoms with van der Waals surface area (Å²) in [5, 5.41) is 10.2. The lowest BCUT2D eigenvalue weighted by Gasteiger charge is -2.19. The molecule has 1 aliphatic rings. The number of carbonyl (C=O) groups excluding carboxylic acids is 1. The molecule has 1 aliphatic heterocycles. The molecule has 0 bridgehead atoms. The summed E-state index contributed by atoms with van der Waals surface area (Å²) >= 11 is 0. The number of pyridine rings is 1. The van der Waals surface area contributed by atoms with E-state index in [9.17, 15) is 13.2 Å². The largest absolute Gasteiger partial charge is 0.403 e. The van der Waals surface area contributed by atoms with E-state index in [4.69, 9.17) is 4.42 Å². The summed E-state index contributed by atoms with van der Waals surface area (Å²) in [6.45, 7) is 0.390. The van der Waals surface area contributed by atoms with E-state index < -0.39 is 15.9 Å².